The zero-order valence-corrected chi connectivity index (χ0v) is 18.5. The van der Waals surface area contributed by atoms with Crippen LogP contribution < -0.4 is 5.32 Å². The van der Waals surface area contributed by atoms with Crippen LogP contribution in [0.4, 0.5) is 13.2 Å². The van der Waals surface area contributed by atoms with Gasteiger partial charge in [-0.1, -0.05) is 49.7 Å². The Hall–Kier alpha value is -2.55. The maximum Gasteiger partial charge on any atom is 0.416 e. The van der Waals surface area contributed by atoms with Crippen molar-refractivity contribution in [2.75, 3.05) is 0 Å². The van der Waals surface area contributed by atoms with Crippen LogP contribution >= 0.6 is 11.8 Å². The highest BCUT2D eigenvalue weighted by atomic mass is 32.2. The molecule has 32 heavy (non-hydrogen) atoms. The van der Waals surface area contributed by atoms with E-state index in [4.69, 9.17) is 0 Å². The van der Waals surface area contributed by atoms with Gasteiger partial charge >= 0.3 is 6.18 Å². The molecule has 0 bridgehead atoms. The molecule has 0 aliphatic heterocycles. The summed E-state index contributed by atoms with van der Waals surface area (Å²) >= 11 is 1.33. The molecule has 5 nitrogen and oxygen atoms in total. The van der Waals surface area contributed by atoms with Crippen LogP contribution in [-0.4, -0.2) is 26.5 Å². The van der Waals surface area contributed by atoms with Crippen molar-refractivity contribution in [1.82, 2.24) is 19.9 Å². The number of pyridine rings is 1. The minimum atomic E-state index is -4.38. The third-order valence-corrected chi connectivity index (χ3v) is 6.81. The molecular weight excluding hydrogens is 437 g/mol. The number of fused-ring (bicyclic) bond motifs is 1. The van der Waals surface area contributed by atoms with Crippen LogP contribution in [-0.2, 0) is 16.7 Å². The molecule has 2 heterocycles. The molecule has 1 atom stereocenters. The predicted molar refractivity (Wildman–Crippen MR) is 118 cm³/mol. The van der Waals surface area contributed by atoms with Crippen molar-refractivity contribution >= 4 is 28.7 Å². The Bertz CT molecular complexity index is 1090. The number of benzene rings is 1. The zero-order valence-electron chi connectivity index (χ0n) is 17.7. The van der Waals surface area contributed by atoms with E-state index in [0.717, 1.165) is 43.3 Å². The molecule has 0 radical (unpaired) electrons. The molecule has 4 rings (SSSR count). The van der Waals surface area contributed by atoms with E-state index in [1.807, 2.05) is 11.5 Å². The molecule has 1 fully saturated rings. The van der Waals surface area contributed by atoms with Crippen LogP contribution in [0, 0.1) is 0 Å². The van der Waals surface area contributed by atoms with Crippen molar-refractivity contribution in [2.45, 2.75) is 68.2 Å². The van der Waals surface area contributed by atoms with Gasteiger partial charge in [-0.2, -0.15) is 13.2 Å². The van der Waals surface area contributed by atoms with Crippen LogP contribution in [0.1, 0.15) is 56.2 Å². The highest BCUT2D eigenvalue weighted by Gasteiger charge is 2.31. The number of amides is 1. The molecule has 9 heteroatoms. The Labute approximate surface area is 188 Å². The zero-order chi connectivity index (χ0) is 22.7. The number of nitrogens with zero attached hydrogens (tertiary/aromatic N) is 3. The van der Waals surface area contributed by atoms with Crippen molar-refractivity contribution in [1.29, 1.82) is 0 Å². The number of hydrogen-bond acceptors (Lipinski definition) is 4. The number of carbonyl (C=O) groups excluding carboxylic acids is 1. The van der Waals surface area contributed by atoms with Crippen molar-refractivity contribution < 1.29 is 18.0 Å². The van der Waals surface area contributed by atoms with Gasteiger partial charge in [-0.15, -0.1) is 0 Å². The Balaban J connectivity index is 1.62. The highest BCUT2D eigenvalue weighted by molar-refractivity contribution is 7.98. The smallest absolute Gasteiger partial charge is 0.352 e. The van der Waals surface area contributed by atoms with Gasteiger partial charge in [0.25, 0.3) is 0 Å². The summed E-state index contributed by atoms with van der Waals surface area (Å²) in [4.78, 5) is 22.0. The minimum Gasteiger partial charge on any atom is -0.352 e. The number of rotatable bonds is 7. The Morgan fingerprint density at radius 3 is 2.78 bits per heavy atom. The fourth-order valence-electron chi connectivity index (χ4n) is 4.16. The summed E-state index contributed by atoms with van der Waals surface area (Å²) in [5, 5.41) is 3.76. The van der Waals surface area contributed by atoms with Gasteiger partial charge in [0.1, 0.15) is 6.04 Å². The third-order valence-electron chi connectivity index (χ3n) is 5.78. The third kappa shape index (κ3) is 4.92. The SMILES string of the molecule is CC[C@H](C(=O)NC1CCCC1)n1c(SCc2cccc(C(F)(F)F)c2)nc2ccncc21. The molecule has 1 saturated carbocycles. The maximum atomic E-state index is 13.1. The summed E-state index contributed by atoms with van der Waals surface area (Å²) in [5.74, 6) is 0.255. The van der Waals surface area contributed by atoms with Crippen LogP contribution in [0.2, 0.25) is 0 Å². The second-order valence-electron chi connectivity index (χ2n) is 8.03. The van der Waals surface area contributed by atoms with Crippen LogP contribution in [0.5, 0.6) is 0 Å². The van der Waals surface area contributed by atoms with E-state index in [1.165, 1.54) is 17.8 Å². The monoisotopic (exact) mass is 462 g/mol. The highest BCUT2D eigenvalue weighted by Crippen LogP contribution is 2.34. The first kappa shape index (κ1) is 22.6. The quantitative estimate of drug-likeness (QED) is 0.454. The van der Waals surface area contributed by atoms with E-state index in [0.29, 0.717) is 28.4 Å². The van der Waals surface area contributed by atoms with E-state index >= 15 is 0 Å². The topological polar surface area (TPSA) is 59.8 Å². The average Bonchev–Trinajstić information content (AvgIpc) is 3.40. The fourth-order valence-corrected chi connectivity index (χ4v) is 5.16. The van der Waals surface area contributed by atoms with Gasteiger partial charge in [0, 0.05) is 18.0 Å². The van der Waals surface area contributed by atoms with E-state index in [9.17, 15) is 18.0 Å². The first-order valence-corrected chi connectivity index (χ1v) is 11.8. The molecule has 0 unspecified atom stereocenters. The normalized spacial score (nSPS) is 15.9. The molecule has 3 aromatic rings. The lowest BCUT2D eigenvalue weighted by Crippen LogP contribution is -2.38. The molecule has 1 aromatic carbocycles. The second-order valence-corrected chi connectivity index (χ2v) is 8.97. The first-order valence-electron chi connectivity index (χ1n) is 10.8. The molecule has 1 aliphatic carbocycles. The molecular formula is C23H25F3N4OS. The summed E-state index contributed by atoms with van der Waals surface area (Å²) < 4.78 is 41.1. The number of aromatic nitrogens is 3. The van der Waals surface area contributed by atoms with Gasteiger partial charge in [0.05, 0.1) is 22.8 Å². The number of thioether (sulfide) groups is 1. The number of carbonyl (C=O) groups is 1. The molecule has 0 spiro atoms. The summed E-state index contributed by atoms with van der Waals surface area (Å²) in [6.45, 7) is 1.95. The lowest BCUT2D eigenvalue weighted by atomic mass is 10.1. The standard InChI is InChI=1S/C23H25F3N4OS/c1-2-19(21(31)28-17-8-3-4-9-17)30-20-13-27-11-10-18(20)29-22(30)32-14-15-6-5-7-16(12-15)23(24,25)26/h5-7,10-13,17,19H,2-4,8-9,14H2,1H3,(H,28,31)/t19-/m1/s1. The number of imidazole rings is 1. The van der Waals surface area contributed by atoms with Crippen molar-refractivity contribution in [3.8, 4) is 0 Å². The maximum absolute atomic E-state index is 13.1. The average molecular weight is 463 g/mol. The summed E-state index contributed by atoms with van der Waals surface area (Å²) in [6, 6.07) is 6.82. The summed E-state index contributed by atoms with van der Waals surface area (Å²) in [6.07, 6.45) is 3.73. The van der Waals surface area contributed by atoms with Crippen LogP contribution in [0.25, 0.3) is 11.0 Å². The van der Waals surface area contributed by atoms with Gasteiger partial charge in [0.15, 0.2) is 5.16 Å². The lowest BCUT2D eigenvalue weighted by Gasteiger charge is -2.22. The van der Waals surface area contributed by atoms with Gasteiger partial charge in [-0.05, 0) is 37.0 Å². The van der Waals surface area contributed by atoms with Crippen LogP contribution in [0.3, 0.4) is 0 Å². The number of alkyl halides is 3. The largest absolute Gasteiger partial charge is 0.416 e. The van der Waals surface area contributed by atoms with Gasteiger partial charge in [-0.3, -0.25) is 9.78 Å². The van der Waals surface area contributed by atoms with E-state index in [1.54, 1.807) is 24.5 Å². The van der Waals surface area contributed by atoms with Crippen LogP contribution in [0.15, 0.2) is 47.9 Å². The molecule has 2 aromatic heterocycles. The van der Waals surface area contributed by atoms with E-state index in [2.05, 4.69) is 15.3 Å². The lowest BCUT2D eigenvalue weighted by molar-refractivity contribution is -0.137. The molecule has 0 saturated heterocycles. The molecule has 170 valence electrons. The van der Waals surface area contributed by atoms with Gasteiger partial charge in [-0.25, -0.2) is 4.98 Å². The first-order chi connectivity index (χ1) is 15.4. The predicted octanol–water partition coefficient (Wildman–Crippen LogP) is 5.75. The van der Waals surface area contributed by atoms with Crippen molar-refractivity contribution in [3.63, 3.8) is 0 Å². The summed E-state index contributed by atoms with van der Waals surface area (Å²) in [7, 11) is 0. The molecule has 1 amide bonds. The Morgan fingerprint density at radius 2 is 2.06 bits per heavy atom. The summed E-state index contributed by atoms with van der Waals surface area (Å²) in [5.41, 5.74) is 1.33. The van der Waals surface area contributed by atoms with Gasteiger partial charge < -0.3 is 9.88 Å². The minimum absolute atomic E-state index is 0.0523. The Kier molecular flexibility index (Phi) is 6.74. The molecule has 1 N–H and O–H groups in total. The fraction of sp³-hybridized carbons (Fsp3) is 0.435. The molecule has 1 aliphatic rings. The number of nitrogens with one attached hydrogen (secondary N) is 1. The van der Waals surface area contributed by atoms with Gasteiger partial charge in [0.2, 0.25) is 5.91 Å². The number of hydrogen-bond donors (Lipinski definition) is 1. The Morgan fingerprint density at radius 1 is 1.28 bits per heavy atom. The second kappa shape index (κ2) is 9.52. The van der Waals surface area contributed by atoms with Crippen molar-refractivity contribution in [2.24, 2.45) is 0 Å². The van der Waals surface area contributed by atoms with Crippen molar-refractivity contribution in [3.05, 3.63) is 53.9 Å². The van der Waals surface area contributed by atoms with E-state index in [-0.39, 0.29) is 11.9 Å². The van der Waals surface area contributed by atoms with E-state index < -0.39 is 17.8 Å². The number of halogens is 3.